The highest BCUT2D eigenvalue weighted by Gasteiger charge is 2.18. The summed E-state index contributed by atoms with van der Waals surface area (Å²) in [5, 5.41) is 18.7. The van der Waals surface area contributed by atoms with Crippen molar-refractivity contribution in [1.29, 1.82) is 0 Å². The Balaban J connectivity index is 2.11. The molecule has 0 saturated heterocycles. The lowest BCUT2D eigenvalue weighted by Crippen LogP contribution is -2.23. The van der Waals surface area contributed by atoms with Crippen molar-refractivity contribution < 1.29 is 9.90 Å². The molecule has 0 aliphatic heterocycles. The van der Waals surface area contributed by atoms with Crippen molar-refractivity contribution in [3.05, 3.63) is 39.3 Å². The first kappa shape index (κ1) is 14.7. The molecule has 0 aromatic carbocycles. The highest BCUT2D eigenvalue weighted by atomic mass is 32.1. The average Bonchev–Trinajstić information content (AvgIpc) is 2.97. The van der Waals surface area contributed by atoms with Gasteiger partial charge in [0.15, 0.2) is 0 Å². The van der Waals surface area contributed by atoms with Gasteiger partial charge in [-0.3, -0.25) is 9.48 Å². The van der Waals surface area contributed by atoms with Crippen molar-refractivity contribution in [2.24, 2.45) is 7.05 Å². The second-order valence-corrected chi connectivity index (χ2v) is 5.80. The molecule has 2 heterocycles. The molecule has 0 aliphatic rings. The maximum Gasteiger partial charge on any atom is 0.305 e. The fourth-order valence-corrected chi connectivity index (χ4v) is 3.04. The topological polar surface area (TPSA) is 67.2 Å². The normalized spacial score (nSPS) is 12.6. The monoisotopic (exact) mass is 293 g/mol. The van der Waals surface area contributed by atoms with Gasteiger partial charge < -0.3 is 10.4 Å². The number of nitrogens with one attached hydrogen (secondary N) is 1. The lowest BCUT2D eigenvalue weighted by atomic mass is 10.1. The minimum Gasteiger partial charge on any atom is -0.481 e. The molecule has 2 aromatic rings. The molecule has 0 amide bonds. The molecular weight excluding hydrogens is 274 g/mol. The Morgan fingerprint density at radius 1 is 1.55 bits per heavy atom. The largest absolute Gasteiger partial charge is 0.481 e. The summed E-state index contributed by atoms with van der Waals surface area (Å²) in [7, 11) is 1.92. The van der Waals surface area contributed by atoms with Gasteiger partial charge >= 0.3 is 5.97 Å². The summed E-state index contributed by atoms with van der Waals surface area (Å²) < 4.78 is 1.85. The number of hydrogen-bond donors (Lipinski definition) is 2. The van der Waals surface area contributed by atoms with Gasteiger partial charge in [-0.15, -0.1) is 11.3 Å². The SMILES string of the molecule is Cc1nn(C)c(C)c1CNC(CC(=O)O)c1cccs1. The molecule has 1 atom stereocenters. The van der Waals surface area contributed by atoms with Crippen LogP contribution in [0, 0.1) is 13.8 Å². The van der Waals surface area contributed by atoms with Gasteiger partial charge in [0.1, 0.15) is 0 Å². The smallest absolute Gasteiger partial charge is 0.305 e. The average molecular weight is 293 g/mol. The molecule has 2 aromatic heterocycles. The number of aryl methyl sites for hydroxylation is 2. The van der Waals surface area contributed by atoms with E-state index in [2.05, 4.69) is 10.4 Å². The van der Waals surface area contributed by atoms with Crippen LogP contribution in [0.4, 0.5) is 0 Å². The van der Waals surface area contributed by atoms with E-state index < -0.39 is 5.97 Å². The van der Waals surface area contributed by atoms with E-state index in [9.17, 15) is 4.79 Å². The van der Waals surface area contributed by atoms with Gasteiger partial charge in [-0.05, 0) is 25.3 Å². The fraction of sp³-hybridized carbons (Fsp3) is 0.429. The second-order valence-electron chi connectivity index (χ2n) is 4.82. The van der Waals surface area contributed by atoms with Crippen LogP contribution in [0.5, 0.6) is 0 Å². The highest BCUT2D eigenvalue weighted by molar-refractivity contribution is 7.10. The van der Waals surface area contributed by atoms with Crippen molar-refractivity contribution in [1.82, 2.24) is 15.1 Å². The predicted octanol–water partition coefficient (Wildman–Crippen LogP) is 2.40. The molecule has 0 saturated carbocycles. The molecule has 0 spiro atoms. The standard InChI is InChI=1S/C14H19N3O2S/c1-9-11(10(2)17(3)16-9)8-15-12(7-14(18)19)13-5-4-6-20-13/h4-6,12,15H,7-8H2,1-3H3,(H,18,19). The van der Waals surface area contributed by atoms with E-state index in [0.717, 1.165) is 21.8 Å². The fourth-order valence-electron chi connectivity index (χ4n) is 2.24. The molecular formula is C14H19N3O2S. The van der Waals surface area contributed by atoms with Gasteiger partial charge in [-0.2, -0.15) is 5.10 Å². The maximum absolute atomic E-state index is 11.0. The molecule has 5 nitrogen and oxygen atoms in total. The van der Waals surface area contributed by atoms with Crippen molar-refractivity contribution in [2.45, 2.75) is 32.9 Å². The van der Waals surface area contributed by atoms with Gasteiger partial charge in [-0.1, -0.05) is 6.07 Å². The van der Waals surface area contributed by atoms with Crippen molar-refractivity contribution in [3.63, 3.8) is 0 Å². The summed E-state index contributed by atoms with van der Waals surface area (Å²) in [6, 6.07) is 3.75. The van der Waals surface area contributed by atoms with Crippen LogP contribution in [0.2, 0.25) is 0 Å². The summed E-state index contributed by atoms with van der Waals surface area (Å²) in [6.45, 7) is 4.62. The maximum atomic E-state index is 11.0. The quantitative estimate of drug-likeness (QED) is 0.858. The number of carboxylic acid groups (broad SMARTS) is 1. The number of hydrogen-bond acceptors (Lipinski definition) is 4. The lowest BCUT2D eigenvalue weighted by molar-refractivity contribution is -0.137. The van der Waals surface area contributed by atoms with E-state index in [0.29, 0.717) is 6.54 Å². The Bertz CT molecular complexity index is 590. The summed E-state index contributed by atoms with van der Waals surface area (Å²) in [5.41, 5.74) is 3.23. The lowest BCUT2D eigenvalue weighted by Gasteiger charge is -2.15. The molecule has 0 aliphatic carbocycles. The zero-order valence-electron chi connectivity index (χ0n) is 11.9. The molecule has 2 rings (SSSR count). The second kappa shape index (κ2) is 6.19. The Hall–Kier alpha value is -1.66. The first-order valence-corrected chi connectivity index (χ1v) is 7.34. The van der Waals surface area contributed by atoms with Crippen LogP contribution in [0.15, 0.2) is 17.5 Å². The molecule has 1 unspecified atom stereocenters. The van der Waals surface area contributed by atoms with Gasteiger partial charge in [0.25, 0.3) is 0 Å². The zero-order chi connectivity index (χ0) is 14.7. The molecule has 6 heteroatoms. The minimum absolute atomic E-state index is 0.0822. The number of nitrogens with zero attached hydrogens (tertiary/aromatic N) is 2. The van der Waals surface area contributed by atoms with E-state index in [1.165, 1.54) is 0 Å². The van der Waals surface area contributed by atoms with E-state index in [1.54, 1.807) is 11.3 Å². The third-order valence-corrected chi connectivity index (χ3v) is 4.44. The van der Waals surface area contributed by atoms with Gasteiger partial charge in [0.2, 0.25) is 0 Å². The molecule has 20 heavy (non-hydrogen) atoms. The predicted molar refractivity (Wildman–Crippen MR) is 78.8 cm³/mol. The highest BCUT2D eigenvalue weighted by Crippen LogP contribution is 2.23. The van der Waals surface area contributed by atoms with Gasteiger partial charge in [0.05, 0.1) is 18.2 Å². The van der Waals surface area contributed by atoms with E-state index in [-0.39, 0.29) is 12.5 Å². The van der Waals surface area contributed by atoms with Crippen molar-refractivity contribution in [2.75, 3.05) is 0 Å². The summed E-state index contributed by atoms with van der Waals surface area (Å²) >= 11 is 1.58. The third-order valence-electron chi connectivity index (χ3n) is 3.45. The van der Waals surface area contributed by atoms with Crippen LogP contribution < -0.4 is 5.32 Å². The van der Waals surface area contributed by atoms with Crippen LogP contribution in [-0.4, -0.2) is 20.9 Å². The summed E-state index contributed by atoms with van der Waals surface area (Å²) in [6.07, 6.45) is 0.0822. The van der Waals surface area contributed by atoms with Crippen LogP contribution >= 0.6 is 11.3 Å². The first-order valence-electron chi connectivity index (χ1n) is 6.46. The number of carbonyl (C=O) groups is 1. The Labute approximate surface area is 122 Å². The van der Waals surface area contributed by atoms with Crippen LogP contribution in [0.3, 0.4) is 0 Å². The van der Waals surface area contributed by atoms with Crippen LogP contribution in [0.25, 0.3) is 0 Å². The molecule has 0 fully saturated rings. The number of carboxylic acids is 1. The summed E-state index contributed by atoms with van der Waals surface area (Å²) in [4.78, 5) is 12.1. The van der Waals surface area contributed by atoms with Gasteiger partial charge in [-0.25, -0.2) is 0 Å². The first-order chi connectivity index (χ1) is 9.49. The Morgan fingerprint density at radius 2 is 2.30 bits per heavy atom. The van der Waals surface area contributed by atoms with E-state index in [1.807, 2.05) is 43.1 Å². The van der Waals surface area contributed by atoms with Crippen molar-refractivity contribution in [3.8, 4) is 0 Å². The van der Waals surface area contributed by atoms with E-state index in [4.69, 9.17) is 5.11 Å². The molecule has 2 N–H and O–H groups in total. The van der Waals surface area contributed by atoms with Crippen molar-refractivity contribution >= 4 is 17.3 Å². The number of rotatable bonds is 6. The Morgan fingerprint density at radius 3 is 2.80 bits per heavy atom. The molecule has 0 bridgehead atoms. The number of aliphatic carboxylic acids is 1. The minimum atomic E-state index is -0.796. The number of thiophene rings is 1. The summed E-state index contributed by atoms with van der Waals surface area (Å²) in [5.74, 6) is -0.796. The Kier molecular flexibility index (Phi) is 4.57. The molecule has 108 valence electrons. The van der Waals surface area contributed by atoms with Crippen LogP contribution in [-0.2, 0) is 18.4 Å². The van der Waals surface area contributed by atoms with Gasteiger partial charge in [0, 0.05) is 29.7 Å². The van der Waals surface area contributed by atoms with Crippen LogP contribution in [0.1, 0.15) is 34.3 Å². The number of aromatic nitrogens is 2. The molecule has 0 radical (unpaired) electrons. The zero-order valence-corrected chi connectivity index (χ0v) is 12.7. The van der Waals surface area contributed by atoms with E-state index >= 15 is 0 Å². The third kappa shape index (κ3) is 3.26.